The van der Waals surface area contributed by atoms with Gasteiger partial charge in [0.05, 0.1) is 6.61 Å². The minimum Gasteiger partial charge on any atom is -0.380 e. The summed E-state index contributed by atoms with van der Waals surface area (Å²) in [4.78, 5) is 2.74. The Bertz CT molecular complexity index is 216. The normalized spacial score (nSPS) is 42.8. The summed E-state index contributed by atoms with van der Waals surface area (Å²) in [5.41, 5.74) is 0. The first-order valence-corrected chi connectivity index (χ1v) is 6.49. The van der Waals surface area contributed by atoms with Gasteiger partial charge in [0, 0.05) is 25.2 Å². The first-order valence-electron chi connectivity index (χ1n) is 6.49. The highest BCUT2D eigenvalue weighted by Crippen LogP contribution is 2.30. The number of piperidine rings is 1. The lowest BCUT2D eigenvalue weighted by molar-refractivity contribution is -0.0168. The minimum atomic E-state index is 0.714. The Balaban J connectivity index is 1.67. The van der Waals surface area contributed by atoms with Crippen LogP contribution in [-0.2, 0) is 4.74 Å². The van der Waals surface area contributed by atoms with Crippen LogP contribution >= 0.6 is 0 Å². The van der Waals surface area contributed by atoms with Crippen molar-refractivity contribution in [3.05, 3.63) is 0 Å². The van der Waals surface area contributed by atoms with E-state index >= 15 is 0 Å². The van der Waals surface area contributed by atoms with Gasteiger partial charge in [0.1, 0.15) is 0 Å². The topological polar surface area (TPSA) is 24.5 Å². The lowest BCUT2D eigenvalue weighted by Crippen LogP contribution is -2.52. The molecule has 1 N–H and O–H groups in total. The molecular formula is C12H22N2O. The Morgan fingerprint density at radius 1 is 1.13 bits per heavy atom. The largest absolute Gasteiger partial charge is 0.380 e. The number of nitrogens with zero attached hydrogens (tertiary/aromatic N) is 1. The molecule has 15 heavy (non-hydrogen) atoms. The van der Waals surface area contributed by atoms with Gasteiger partial charge in [0.15, 0.2) is 0 Å². The fourth-order valence-corrected chi connectivity index (χ4v) is 3.54. The first-order chi connectivity index (χ1) is 7.45. The average molecular weight is 210 g/mol. The second-order valence-corrected chi connectivity index (χ2v) is 5.24. The van der Waals surface area contributed by atoms with Crippen LogP contribution in [0, 0.1) is 5.92 Å². The molecule has 0 aliphatic carbocycles. The van der Waals surface area contributed by atoms with E-state index in [2.05, 4.69) is 10.2 Å². The second kappa shape index (κ2) is 4.40. The maximum absolute atomic E-state index is 5.62. The van der Waals surface area contributed by atoms with Gasteiger partial charge < -0.3 is 10.1 Å². The summed E-state index contributed by atoms with van der Waals surface area (Å²) in [6.07, 6.45) is 5.43. The molecule has 3 heterocycles. The van der Waals surface area contributed by atoms with E-state index in [0.717, 1.165) is 25.2 Å². The summed E-state index contributed by atoms with van der Waals surface area (Å²) in [6, 6.07) is 1.52. The van der Waals surface area contributed by atoms with Crippen LogP contribution in [0.4, 0.5) is 0 Å². The van der Waals surface area contributed by atoms with Crippen molar-refractivity contribution >= 4 is 0 Å². The summed E-state index contributed by atoms with van der Waals surface area (Å²) in [5, 5.41) is 3.55. The summed E-state index contributed by atoms with van der Waals surface area (Å²) in [5.74, 6) is 0.917. The highest BCUT2D eigenvalue weighted by Gasteiger charge is 2.38. The number of rotatable bonds is 1. The van der Waals surface area contributed by atoms with Crippen molar-refractivity contribution in [1.82, 2.24) is 10.2 Å². The molecule has 0 amide bonds. The predicted molar refractivity (Wildman–Crippen MR) is 59.9 cm³/mol. The molecule has 3 nitrogen and oxygen atoms in total. The van der Waals surface area contributed by atoms with E-state index in [1.807, 2.05) is 0 Å². The molecule has 3 aliphatic heterocycles. The molecule has 0 aromatic carbocycles. The van der Waals surface area contributed by atoms with E-state index in [4.69, 9.17) is 4.74 Å². The average Bonchev–Trinajstić information content (AvgIpc) is 2.78. The monoisotopic (exact) mass is 210 g/mol. The van der Waals surface area contributed by atoms with Crippen molar-refractivity contribution < 1.29 is 4.74 Å². The maximum atomic E-state index is 5.62. The smallest absolute Gasteiger partial charge is 0.0621 e. The van der Waals surface area contributed by atoms with Crippen LogP contribution in [0.5, 0.6) is 0 Å². The first kappa shape index (κ1) is 10.1. The zero-order valence-electron chi connectivity index (χ0n) is 9.45. The van der Waals surface area contributed by atoms with Crippen LogP contribution in [0.1, 0.15) is 25.7 Å². The van der Waals surface area contributed by atoms with Gasteiger partial charge in [-0.2, -0.15) is 0 Å². The van der Waals surface area contributed by atoms with Crippen LogP contribution in [0.25, 0.3) is 0 Å². The summed E-state index contributed by atoms with van der Waals surface area (Å²) >= 11 is 0. The summed E-state index contributed by atoms with van der Waals surface area (Å²) < 4.78 is 5.62. The molecule has 3 unspecified atom stereocenters. The Hall–Kier alpha value is -0.120. The van der Waals surface area contributed by atoms with Gasteiger partial charge in [-0.15, -0.1) is 0 Å². The van der Waals surface area contributed by atoms with Gasteiger partial charge >= 0.3 is 0 Å². The zero-order chi connectivity index (χ0) is 10.1. The fraction of sp³-hybridized carbons (Fsp3) is 1.00. The van der Waals surface area contributed by atoms with Gasteiger partial charge in [0.2, 0.25) is 0 Å². The molecule has 0 saturated carbocycles. The van der Waals surface area contributed by atoms with E-state index < -0.39 is 0 Å². The van der Waals surface area contributed by atoms with Gasteiger partial charge in [-0.1, -0.05) is 0 Å². The van der Waals surface area contributed by atoms with E-state index in [1.54, 1.807) is 0 Å². The van der Waals surface area contributed by atoms with Crippen molar-refractivity contribution in [3.63, 3.8) is 0 Å². The van der Waals surface area contributed by atoms with E-state index in [0.29, 0.717) is 6.04 Å². The van der Waals surface area contributed by atoms with E-state index in [9.17, 15) is 0 Å². The van der Waals surface area contributed by atoms with E-state index in [-0.39, 0.29) is 0 Å². The summed E-state index contributed by atoms with van der Waals surface area (Å²) in [7, 11) is 0. The predicted octanol–water partition coefficient (Wildman–Crippen LogP) is 0.849. The standard InChI is InChI=1S/C12H22N2O/c1-3-10-7-13-8-12(10)14(5-1)11-4-2-6-15-9-11/h10-13H,1-9H2. The third kappa shape index (κ3) is 1.93. The Kier molecular flexibility index (Phi) is 2.95. The molecule has 86 valence electrons. The van der Waals surface area contributed by atoms with Gasteiger partial charge in [-0.05, 0) is 44.7 Å². The Labute approximate surface area is 92.2 Å². The molecular weight excluding hydrogens is 188 g/mol. The third-order valence-electron chi connectivity index (χ3n) is 4.33. The highest BCUT2D eigenvalue weighted by atomic mass is 16.5. The highest BCUT2D eigenvalue weighted by molar-refractivity contribution is 4.94. The number of hydrogen-bond acceptors (Lipinski definition) is 3. The van der Waals surface area contributed by atoms with Crippen molar-refractivity contribution in [2.45, 2.75) is 37.8 Å². The molecule has 3 rings (SSSR count). The molecule has 3 fully saturated rings. The molecule has 3 heteroatoms. The van der Waals surface area contributed by atoms with Crippen LogP contribution in [-0.4, -0.2) is 49.8 Å². The van der Waals surface area contributed by atoms with Crippen LogP contribution in [0.2, 0.25) is 0 Å². The molecule has 3 saturated heterocycles. The number of likely N-dealkylation sites (tertiary alicyclic amines) is 1. The lowest BCUT2D eigenvalue weighted by atomic mass is 9.90. The van der Waals surface area contributed by atoms with Gasteiger partial charge in [-0.3, -0.25) is 4.90 Å². The number of hydrogen-bond donors (Lipinski definition) is 1. The molecule has 3 atom stereocenters. The number of ether oxygens (including phenoxy) is 1. The quantitative estimate of drug-likeness (QED) is 0.694. The number of nitrogens with one attached hydrogen (secondary N) is 1. The molecule has 0 spiro atoms. The molecule has 0 radical (unpaired) electrons. The van der Waals surface area contributed by atoms with Crippen molar-refractivity contribution in [2.75, 3.05) is 32.8 Å². The van der Waals surface area contributed by atoms with Crippen molar-refractivity contribution in [3.8, 4) is 0 Å². The molecule has 3 aliphatic rings. The number of fused-ring (bicyclic) bond motifs is 1. The van der Waals surface area contributed by atoms with Crippen LogP contribution < -0.4 is 5.32 Å². The molecule has 0 aromatic heterocycles. The van der Waals surface area contributed by atoms with Crippen molar-refractivity contribution in [2.24, 2.45) is 5.92 Å². The fourth-order valence-electron chi connectivity index (χ4n) is 3.54. The van der Waals surface area contributed by atoms with Crippen LogP contribution in [0.3, 0.4) is 0 Å². The van der Waals surface area contributed by atoms with Crippen LogP contribution in [0.15, 0.2) is 0 Å². The third-order valence-corrected chi connectivity index (χ3v) is 4.33. The van der Waals surface area contributed by atoms with Gasteiger partial charge in [0.25, 0.3) is 0 Å². The molecule has 0 aromatic rings. The zero-order valence-corrected chi connectivity index (χ0v) is 9.45. The minimum absolute atomic E-state index is 0.714. The SMILES string of the molecule is C1COCC(N2CCCC3CNCC32)C1. The lowest BCUT2D eigenvalue weighted by Gasteiger charge is -2.43. The van der Waals surface area contributed by atoms with E-state index in [1.165, 1.54) is 45.3 Å². The van der Waals surface area contributed by atoms with Crippen molar-refractivity contribution in [1.29, 1.82) is 0 Å². The second-order valence-electron chi connectivity index (χ2n) is 5.24. The summed E-state index contributed by atoms with van der Waals surface area (Å²) in [6.45, 7) is 5.71. The molecule has 0 bridgehead atoms. The van der Waals surface area contributed by atoms with Gasteiger partial charge in [-0.25, -0.2) is 0 Å². The Morgan fingerprint density at radius 3 is 3.00 bits per heavy atom. The Morgan fingerprint density at radius 2 is 2.13 bits per heavy atom. The maximum Gasteiger partial charge on any atom is 0.0621 e.